The molecule has 3 rings (SSSR count). The zero-order valence-electron chi connectivity index (χ0n) is 13.6. The maximum absolute atomic E-state index is 12.2. The first-order chi connectivity index (χ1) is 11.6. The van der Waals surface area contributed by atoms with E-state index in [-0.39, 0.29) is 5.91 Å². The van der Waals surface area contributed by atoms with Crippen LogP contribution in [0.15, 0.2) is 53.5 Å². The molecule has 124 valence electrons. The molecule has 4 nitrogen and oxygen atoms in total. The number of carbonyl (C=O) groups excluding carboxylic acids is 1. The normalized spacial score (nSPS) is 13.8. The summed E-state index contributed by atoms with van der Waals surface area (Å²) in [6.07, 6.45) is 0. The molecule has 0 saturated heterocycles. The van der Waals surface area contributed by atoms with Crippen molar-refractivity contribution >= 4 is 23.3 Å². The van der Waals surface area contributed by atoms with E-state index in [1.165, 1.54) is 0 Å². The molecule has 1 aliphatic heterocycles. The predicted octanol–water partition coefficient (Wildman–Crippen LogP) is 3.14. The Balaban J connectivity index is 1.57. The second-order valence-corrected chi connectivity index (χ2v) is 6.20. The molecule has 1 N–H and O–H groups in total. The van der Waals surface area contributed by atoms with Gasteiger partial charge in [-0.3, -0.25) is 9.79 Å². The Morgan fingerprint density at radius 1 is 1.21 bits per heavy atom. The average Bonchev–Trinajstić information content (AvgIpc) is 3.04. The highest BCUT2D eigenvalue weighted by Crippen LogP contribution is 2.19. The number of halogens is 1. The lowest BCUT2D eigenvalue weighted by Gasteiger charge is -2.21. The summed E-state index contributed by atoms with van der Waals surface area (Å²) in [5.74, 6) is 0.857. The molecule has 1 heterocycles. The number of hydrogen-bond acceptors (Lipinski definition) is 3. The standard InChI is InChI=1S/C19H20ClN3O/c1-14-6-8-15(9-7-14)19(24)22-11-13-23-12-10-21-18(23)16-4-2-3-5-17(16)20/h2-9H,10-13H2,1H3,(H,22,24). The van der Waals surface area contributed by atoms with Crippen molar-refractivity contribution in [3.05, 3.63) is 70.2 Å². The average molecular weight is 342 g/mol. The molecular weight excluding hydrogens is 322 g/mol. The number of carbonyl (C=O) groups is 1. The van der Waals surface area contributed by atoms with E-state index in [2.05, 4.69) is 15.2 Å². The van der Waals surface area contributed by atoms with E-state index in [9.17, 15) is 4.79 Å². The van der Waals surface area contributed by atoms with Crippen molar-refractivity contribution in [3.8, 4) is 0 Å². The number of rotatable bonds is 5. The van der Waals surface area contributed by atoms with E-state index < -0.39 is 0 Å². The molecule has 0 atom stereocenters. The molecule has 0 aromatic heterocycles. The van der Waals surface area contributed by atoms with Crippen LogP contribution in [0.4, 0.5) is 0 Å². The highest BCUT2D eigenvalue weighted by atomic mass is 35.5. The van der Waals surface area contributed by atoms with E-state index in [0.29, 0.717) is 23.7 Å². The number of aryl methyl sites for hydroxylation is 1. The van der Waals surface area contributed by atoms with Crippen LogP contribution >= 0.6 is 11.6 Å². The van der Waals surface area contributed by atoms with Gasteiger partial charge in [-0.25, -0.2) is 0 Å². The van der Waals surface area contributed by atoms with Gasteiger partial charge in [-0.05, 0) is 31.2 Å². The molecule has 0 saturated carbocycles. The van der Waals surface area contributed by atoms with Crippen LogP contribution in [0.2, 0.25) is 5.02 Å². The van der Waals surface area contributed by atoms with Crippen molar-refractivity contribution in [2.75, 3.05) is 26.2 Å². The summed E-state index contributed by atoms with van der Waals surface area (Å²) in [5, 5.41) is 3.66. The highest BCUT2D eigenvalue weighted by molar-refractivity contribution is 6.34. The van der Waals surface area contributed by atoms with Crippen LogP contribution in [0.1, 0.15) is 21.5 Å². The Hall–Kier alpha value is -2.33. The first-order valence-electron chi connectivity index (χ1n) is 8.04. The lowest BCUT2D eigenvalue weighted by molar-refractivity contribution is 0.0951. The Labute approximate surface area is 147 Å². The van der Waals surface area contributed by atoms with Gasteiger partial charge in [0.2, 0.25) is 0 Å². The first-order valence-corrected chi connectivity index (χ1v) is 8.42. The smallest absolute Gasteiger partial charge is 0.251 e. The summed E-state index contributed by atoms with van der Waals surface area (Å²) in [6, 6.07) is 15.3. The van der Waals surface area contributed by atoms with Crippen LogP contribution in [0, 0.1) is 6.92 Å². The van der Waals surface area contributed by atoms with Crippen LogP contribution in [0.5, 0.6) is 0 Å². The van der Waals surface area contributed by atoms with Crippen LogP contribution in [0.25, 0.3) is 0 Å². The number of nitrogens with zero attached hydrogens (tertiary/aromatic N) is 2. The summed E-state index contributed by atoms with van der Waals surface area (Å²) in [5.41, 5.74) is 2.77. The Morgan fingerprint density at radius 2 is 1.96 bits per heavy atom. The zero-order valence-corrected chi connectivity index (χ0v) is 14.4. The number of benzene rings is 2. The van der Waals surface area contributed by atoms with E-state index >= 15 is 0 Å². The SMILES string of the molecule is Cc1ccc(C(=O)NCCN2CCN=C2c2ccccc2Cl)cc1. The van der Waals surface area contributed by atoms with E-state index in [1.807, 2.05) is 55.5 Å². The van der Waals surface area contributed by atoms with Gasteiger partial charge in [-0.15, -0.1) is 0 Å². The third-order valence-electron chi connectivity index (χ3n) is 4.03. The topological polar surface area (TPSA) is 44.7 Å². The molecule has 0 spiro atoms. The molecule has 0 radical (unpaired) electrons. The summed E-state index contributed by atoms with van der Waals surface area (Å²) in [7, 11) is 0. The fourth-order valence-electron chi connectivity index (χ4n) is 2.71. The van der Waals surface area contributed by atoms with Crippen LogP contribution in [0.3, 0.4) is 0 Å². The monoisotopic (exact) mass is 341 g/mol. The van der Waals surface area contributed by atoms with Crippen LogP contribution in [-0.4, -0.2) is 42.8 Å². The minimum absolute atomic E-state index is 0.0505. The maximum Gasteiger partial charge on any atom is 0.251 e. The van der Waals surface area contributed by atoms with E-state index in [0.717, 1.165) is 30.1 Å². The second kappa shape index (κ2) is 7.49. The van der Waals surface area contributed by atoms with Crippen LogP contribution < -0.4 is 5.32 Å². The molecule has 0 bridgehead atoms. The fourth-order valence-corrected chi connectivity index (χ4v) is 2.93. The van der Waals surface area contributed by atoms with Gasteiger partial charge in [0.1, 0.15) is 5.84 Å². The molecule has 0 fully saturated rings. The third-order valence-corrected chi connectivity index (χ3v) is 4.36. The van der Waals surface area contributed by atoms with E-state index in [1.54, 1.807) is 0 Å². The van der Waals surface area contributed by atoms with Gasteiger partial charge >= 0.3 is 0 Å². The third kappa shape index (κ3) is 3.77. The molecule has 2 aromatic rings. The van der Waals surface area contributed by atoms with Crippen molar-refractivity contribution in [1.82, 2.24) is 10.2 Å². The molecule has 0 unspecified atom stereocenters. The Kier molecular flexibility index (Phi) is 5.16. The highest BCUT2D eigenvalue weighted by Gasteiger charge is 2.20. The lowest BCUT2D eigenvalue weighted by Crippen LogP contribution is -2.37. The maximum atomic E-state index is 12.2. The quantitative estimate of drug-likeness (QED) is 0.908. The minimum Gasteiger partial charge on any atom is -0.353 e. The number of amidine groups is 1. The van der Waals surface area contributed by atoms with Crippen LogP contribution in [-0.2, 0) is 0 Å². The molecule has 24 heavy (non-hydrogen) atoms. The van der Waals surface area contributed by atoms with Gasteiger partial charge in [0.05, 0.1) is 11.6 Å². The predicted molar refractivity (Wildman–Crippen MR) is 97.9 cm³/mol. The molecule has 5 heteroatoms. The first kappa shape index (κ1) is 16.5. The number of nitrogens with one attached hydrogen (secondary N) is 1. The number of amides is 1. The Bertz CT molecular complexity index is 755. The van der Waals surface area contributed by atoms with Crippen molar-refractivity contribution in [1.29, 1.82) is 0 Å². The fraction of sp³-hybridized carbons (Fsp3) is 0.263. The summed E-state index contributed by atoms with van der Waals surface area (Å²) >= 11 is 6.27. The van der Waals surface area contributed by atoms with Gasteiger partial charge in [0.15, 0.2) is 0 Å². The molecule has 0 aliphatic carbocycles. The number of aliphatic imine (C=N–C) groups is 1. The Morgan fingerprint density at radius 3 is 2.71 bits per heavy atom. The summed E-state index contributed by atoms with van der Waals surface area (Å²) < 4.78 is 0. The van der Waals surface area contributed by atoms with Crippen molar-refractivity contribution in [2.45, 2.75) is 6.92 Å². The van der Waals surface area contributed by atoms with Gasteiger partial charge in [-0.2, -0.15) is 0 Å². The van der Waals surface area contributed by atoms with Gasteiger partial charge in [0.25, 0.3) is 5.91 Å². The lowest BCUT2D eigenvalue weighted by atomic mass is 10.1. The largest absolute Gasteiger partial charge is 0.353 e. The van der Waals surface area contributed by atoms with E-state index in [4.69, 9.17) is 11.6 Å². The summed E-state index contributed by atoms with van der Waals surface area (Å²) in [4.78, 5) is 18.9. The van der Waals surface area contributed by atoms with Crippen molar-refractivity contribution in [2.24, 2.45) is 4.99 Å². The molecule has 1 amide bonds. The minimum atomic E-state index is -0.0505. The zero-order chi connectivity index (χ0) is 16.9. The molecule has 2 aromatic carbocycles. The van der Waals surface area contributed by atoms with Gasteiger partial charge in [-0.1, -0.05) is 41.4 Å². The van der Waals surface area contributed by atoms with Gasteiger partial charge in [0, 0.05) is 30.8 Å². The van der Waals surface area contributed by atoms with Crippen molar-refractivity contribution in [3.63, 3.8) is 0 Å². The molecular formula is C19H20ClN3O. The second-order valence-electron chi connectivity index (χ2n) is 5.79. The van der Waals surface area contributed by atoms with Crippen molar-refractivity contribution < 1.29 is 4.79 Å². The summed E-state index contributed by atoms with van der Waals surface area (Å²) in [6.45, 7) is 4.88. The van der Waals surface area contributed by atoms with Gasteiger partial charge < -0.3 is 10.2 Å². The molecule has 1 aliphatic rings. The number of hydrogen-bond donors (Lipinski definition) is 1.